The van der Waals surface area contributed by atoms with Crippen LogP contribution in [0.25, 0.3) is 0 Å². The first kappa shape index (κ1) is 15.1. The maximum atomic E-state index is 10.4. The molecule has 0 saturated carbocycles. The van der Waals surface area contributed by atoms with Gasteiger partial charge in [0, 0.05) is 7.05 Å². The Bertz CT molecular complexity index is 532. The molecule has 108 valence electrons. The predicted octanol–water partition coefficient (Wildman–Crippen LogP) is 3.44. The SMILES string of the molecule is CCCCOc1ccc(C(O)c2c(Br)cnn2C)cc1. The van der Waals surface area contributed by atoms with E-state index in [0.717, 1.165) is 40.9 Å². The lowest BCUT2D eigenvalue weighted by molar-refractivity contribution is 0.208. The smallest absolute Gasteiger partial charge is 0.122 e. The maximum absolute atomic E-state index is 10.4. The second-order valence-corrected chi connectivity index (χ2v) is 5.53. The standard InChI is InChI=1S/C15H19BrN2O2/c1-3-4-9-20-12-7-5-11(6-8-12)15(19)14-13(16)10-17-18(14)2/h5-8,10,15,19H,3-4,9H2,1-2H3. The summed E-state index contributed by atoms with van der Waals surface area (Å²) in [6.45, 7) is 2.86. The molecule has 0 aliphatic heterocycles. The molecule has 1 N–H and O–H groups in total. The number of benzene rings is 1. The van der Waals surface area contributed by atoms with Gasteiger partial charge in [0.25, 0.3) is 0 Å². The van der Waals surface area contributed by atoms with Crippen molar-refractivity contribution in [3.63, 3.8) is 0 Å². The Morgan fingerprint density at radius 2 is 2.05 bits per heavy atom. The van der Waals surface area contributed by atoms with Gasteiger partial charge in [0.15, 0.2) is 0 Å². The van der Waals surface area contributed by atoms with Crippen molar-refractivity contribution in [2.45, 2.75) is 25.9 Å². The van der Waals surface area contributed by atoms with Crippen LogP contribution >= 0.6 is 15.9 Å². The summed E-state index contributed by atoms with van der Waals surface area (Å²) in [5.74, 6) is 0.832. The zero-order chi connectivity index (χ0) is 14.5. The average Bonchev–Trinajstić information content (AvgIpc) is 2.78. The maximum Gasteiger partial charge on any atom is 0.122 e. The normalized spacial score (nSPS) is 12.4. The molecule has 2 aromatic rings. The van der Waals surface area contributed by atoms with Gasteiger partial charge in [-0.2, -0.15) is 5.10 Å². The molecule has 1 unspecified atom stereocenters. The van der Waals surface area contributed by atoms with E-state index in [-0.39, 0.29) is 0 Å². The van der Waals surface area contributed by atoms with Crippen molar-refractivity contribution < 1.29 is 9.84 Å². The van der Waals surface area contributed by atoms with Gasteiger partial charge in [0.05, 0.1) is 23.0 Å². The molecule has 0 fully saturated rings. The first-order valence-corrected chi connectivity index (χ1v) is 7.51. The quantitative estimate of drug-likeness (QED) is 0.820. The molecule has 20 heavy (non-hydrogen) atoms. The van der Waals surface area contributed by atoms with Gasteiger partial charge in [-0.3, -0.25) is 4.68 Å². The first-order valence-electron chi connectivity index (χ1n) is 6.71. The molecule has 0 radical (unpaired) electrons. The van der Waals surface area contributed by atoms with Crippen molar-refractivity contribution in [3.05, 3.63) is 46.2 Å². The van der Waals surface area contributed by atoms with Gasteiger partial charge in [0.1, 0.15) is 11.9 Å². The molecule has 4 nitrogen and oxygen atoms in total. The molecule has 0 aliphatic carbocycles. The van der Waals surface area contributed by atoms with Crippen molar-refractivity contribution in [1.82, 2.24) is 9.78 Å². The van der Waals surface area contributed by atoms with Crippen LogP contribution in [-0.2, 0) is 7.05 Å². The van der Waals surface area contributed by atoms with Gasteiger partial charge in [-0.05, 0) is 40.0 Å². The van der Waals surface area contributed by atoms with E-state index in [0.29, 0.717) is 0 Å². The highest BCUT2D eigenvalue weighted by Gasteiger charge is 2.18. The summed E-state index contributed by atoms with van der Waals surface area (Å²) in [4.78, 5) is 0. The number of aryl methyl sites for hydroxylation is 1. The van der Waals surface area contributed by atoms with E-state index < -0.39 is 6.10 Å². The van der Waals surface area contributed by atoms with Crippen LogP contribution in [-0.4, -0.2) is 21.5 Å². The van der Waals surface area contributed by atoms with Gasteiger partial charge in [0.2, 0.25) is 0 Å². The molecule has 1 atom stereocenters. The number of unbranched alkanes of at least 4 members (excludes halogenated alkanes) is 1. The third-order valence-corrected chi connectivity index (χ3v) is 3.77. The van der Waals surface area contributed by atoms with E-state index in [2.05, 4.69) is 28.0 Å². The van der Waals surface area contributed by atoms with Crippen LogP contribution in [0.5, 0.6) is 5.75 Å². The molecule has 0 bridgehead atoms. The Balaban J connectivity index is 2.10. The fraction of sp³-hybridized carbons (Fsp3) is 0.400. The number of aromatic nitrogens is 2. The summed E-state index contributed by atoms with van der Waals surface area (Å²) in [6, 6.07) is 7.54. The van der Waals surface area contributed by atoms with Crippen LogP contribution < -0.4 is 4.74 Å². The number of nitrogens with zero attached hydrogens (tertiary/aromatic N) is 2. The largest absolute Gasteiger partial charge is 0.494 e. The Morgan fingerprint density at radius 3 is 2.60 bits per heavy atom. The summed E-state index contributed by atoms with van der Waals surface area (Å²) in [5, 5.41) is 14.5. The third kappa shape index (κ3) is 3.41. The van der Waals surface area contributed by atoms with Crippen LogP contribution in [0.2, 0.25) is 0 Å². The van der Waals surface area contributed by atoms with Gasteiger partial charge in [-0.15, -0.1) is 0 Å². The highest BCUT2D eigenvalue weighted by Crippen LogP contribution is 2.28. The van der Waals surface area contributed by atoms with Crippen molar-refractivity contribution in [2.24, 2.45) is 7.05 Å². The van der Waals surface area contributed by atoms with Crippen molar-refractivity contribution >= 4 is 15.9 Å². The molecule has 1 aromatic heterocycles. The van der Waals surface area contributed by atoms with E-state index in [1.807, 2.05) is 31.3 Å². The molecule has 0 amide bonds. The molecule has 0 aliphatic rings. The molecular formula is C15H19BrN2O2. The van der Waals surface area contributed by atoms with Crippen LogP contribution in [0.3, 0.4) is 0 Å². The molecular weight excluding hydrogens is 320 g/mol. The van der Waals surface area contributed by atoms with E-state index >= 15 is 0 Å². The van der Waals surface area contributed by atoms with Crippen LogP contribution in [0.15, 0.2) is 34.9 Å². The number of ether oxygens (including phenoxy) is 1. The van der Waals surface area contributed by atoms with Crippen LogP contribution in [0, 0.1) is 0 Å². The first-order chi connectivity index (χ1) is 9.63. The Kier molecular flexibility index (Phi) is 5.20. The lowest BCUT2D eigenvalue weighted by Crippen LogP contribution is -2.07. The summed E-state index contributed by atoms with van der Waals surface area (Å²) in [7, 11) is 1.81. The number of hydrogen-bond donors (Lipinski definition) is 1. The second kappa shape index (κ2) is 6.90. The van der Waals surface area contributed by atoms with Crippen molar-refractivity contribution in [3.8, 4) is 5.75 Å². The molecule has 0 saturated heterocycles. The van der Waals surface area contributed by atoms with E-state index in [4.69, 9.17) is 4.74 Å². The molecule has 5 heteroatoms. The van der Waals surface area contributed by atoms with Gasteiger partial charge >= 0.3 is 0 Å². The molecule has 2 rings (SSSR count). The van der Waals surface area contributed by atoms with Crippen LogP contribution in [0.4, 0.5) is 0 Å². The molecule has 0 spiro atoms. The zero-order valence-corrected chi connectivity index (χ0v) is 13.3. The number of aliphatic hydroxyl groups excluding tert-OH is 1. The zero-order valence-electron chi connectivity index (χ0n) is 11.7. The monoisotopic (exact) mass is 338 g/mol. The van der Waals surface area contributed by atoms with Gasteiger partial charge in [-0.1, -0.05) is 25.5 Å². The molecule has 1 aromatic carbocycles. The molecule has 1 heterocycles. The highest BCUT2D eigenvalue weighted by molar-refractivity contribution is 9.10. The lowest BCUT2D eigenvalue weighted by Gasteiger charge is -2.13. The van der Waals surface area contributed by atoms with E-state index in [1.54, 1.807) is 10.9 Å². The topological polar surface area (TPSA) is 47.3 Å². The Hall–Kier alpha value is -1.33. The summed E-state index contributed by atoms with van der Waals surface area (Å²) < 4.78 is 8.08. The predicted molar refractivity (Wildman–Crippen MR) is 81.8 cm³/mol. The minimum atomic E-state index is -0.707. The van der Waals surface area contributed by atoms with Crippen molar-refractivity contribution in [2.75, 3.05) is 6.61 Å². The van der Waals surface area contributed by atoms with E-state index in [9.17, 15) is 5.11 Å². The number of hydrogen-bond acceptors (Lipinski definition) is 3. The summed E-state index contributed by atoms with van der Waals surface area (Å²) in [5.41, 5.74) is 1.56. The van der Waals surface area contributed by atoms with Crippen molar-refractivity contribution in [1.29, 1.82) is 0 Å². The Morgan fingerprint density at radius 1 is 1.35 bits per heavy atom. The number of aliphatic hydroxyl groups is 1. The number of halogens is 1. The minimum Gasteiger partial charge on any atom is -0.494 e. The Labute approximate surface area is 127 Å². The minimum absolute atomic E-state index is 0.707. The van der Waals surface area contributed by atoms with Gasteiger partial charge < -0.3 is 9.84 Å². The summed E-state index contributed by atoms with van der Waals surface area (Å²) >= 11 is 3.40. The fourth-order valence-corrected chi connectivity index (χ4v) is 2.53. The highest BCUT2D eigenvalue weighted by atomic mass is 79.9. The van der Waals surface area contributed by atoms with Gasteiger partial charge in [-0.25, -0.2) is 0 Å². The lowest BCUT2D eigenvalue weighted by atomic mass is 10.1. The van der Waals surface area contributed by atoms with Crippen LogP contribution in [0.1, 0.15) is 37.1 Å². The summed E-state index contributed by atoms with van der Waals surface area (Å²) in [6.07, 6.45) is 3.14. The fourth-order valence-electron chi connectivity index (χ4n) is 1.97. The number of rotatable bonds is 6. The third-order valence-electron chi connectivity index (χ3n) is 3.16. The second-order valence-electron chi connectivity index (χ2n) is 4.67. The van der Waals surface area contributed by atoms with E-state index in [1.165, 1.54) is 0 Å². The average molecular weight is 339 g/mol.